The minimum Gasteiger partial charge on any atom is -0.365 e. The lowest BCUT2D eigenvalue weighted by Gasteiger charge is -2.11. The number of hydrogen-bond donors (Lipinski definition) is 1. The molecule has 0 aliphatic carbocycles. The molecule has 0 spiro atoms. The van der Waals surface area contributed by atoms with Gasteiger partial charge in [-0.25, -0.2) is 4.68 Å². The quantitative estimate of drug-likeness (QED) is 0.801. The van der Waals surface area contributed by atoms with Crippen molar-refractivity contribution in [2.75, 3.05) is 5.32 Å². The van der Waals surface area contributed by atoms with Crippen molar-refractivity contribution in [3.05, 3.63) is 40.5 Å². The molecule has 0 saturated heterocycles. The van der Waals surface area contributed by atoms with Gasteiger partial charge in [0.05, 0.1) is 12.2 Å². The predicted octanol–water partition coefficient (Wildman–Crippen LogP) is 3.05. The Balaban J connectivity index is 2.10. The summed E-state index contributed by atoms with van der Waals surface area (Å²) in [7, 11) is 0. The van der Waals surface area contributed by atoms with Gasteiger partial charge in [-0.1, -0.05) is 35.0 Å². The fraction of sp³-hybridized carbons (Fsp3) is 0.333. The number of nitrogens with zero attached hydrogens (tertiary/aromatic N) is 5. The van der Waals surface area contributed by atoms with Crippen molar-refractivity contribution in [3.8, 4) is 0 Å². The predicted molar refractivity (Wildman–Crippen MR) is 87.2 cm³/mol. The summed E-state index contributed by atoms with van der Waals surface area (Å²) in [6, 6.07) is 7.95. The summed E-state index contributed by atoms with van der Waals surface area (Å²) in [4.78, 5) is 0. The Morgan fingerprint density at radius 1 is 1.18 bits per heavy atom. The van der Waals surface area contributed by atoms with Crippen LogP contribution in [0.1, 0.15) is 25.1 Å². The van der Waals surface area contributed by atoms with Gasteiger partial charge < -0.3 is 5.32 Å². The number of benzene rings is 1. The van der Waals surface area contributed by atoms with Crippen molar-refractivity contribution in [2.24, 2.45) is 0 Å². The standard InChI is InChI=1S/C15H17ClN6/c1-9(2)17-15-14-13(10(3)18-20-15)19-21-22(14)8-11-6-4-5-7-12(11)16/h4-7,9H,8H2,1-3H3,(H,17,20). The molecule has 1 aromatic carbocycles. The maximum absolute atomic E-state index is 6.24. The third-order valence-electron chi connectivity index (χ3n) is 3.31. The average molecular weight is 317 g/mol. The third-order valence-corrected chi connectivity index (χ3v) is 3.67. The summed E-state index contributed by atoms with van der Waals surface area (Å²) in [5, 5.41) is 20.9. The highest BCUT2D eigenvalue weighted by Gasteiger charge is 2.16. The lowest BCUT2D eigenvalue weighted by molar-refractivity contribution is 0.669. The van der Waals surface area contributed by atoms with Crippen LogP contribution < -0.4 is 5.32 Å². The highest BCUT2D eigenvalue weighted by Crippen LogP contribution is 2.23. The largest absolute Gasteiger partial charge is 0.365 e. The monoisotopic (exact) mass is 316 g/mol. The number of aromatic nitrogens is 5. The Kier molecular flexibility index (Phi) is 3.94. The van der Waals surface area contributed by atoms with Crippen LogP contribution in [0.15, 0.2) is 24.3 Å². The Labute approximate surface area is 133 Å². The Morgan fingerprint density at radius 3 is 2.68 bits per heavy atom. The molecule has 6 nitrogen and oxygen atoms in total. The van der Waals surface area contributed by atoms with Gasteiger partial charge in [-0.2, -0.15) is 5.10 Å². The van der Waals surface area contributed by atoms with Gasteiger partial charge in [-0.3, -0.25) is 0 Å². The summed E-state index contributed by atoms with van der Waals surface area (Å²) in [6.45, 7) is 6.52. The van der Waals surface area contributed by atoms with Gasteiger partial charge in [0.25, 0.3) is 0 Å². The second kappa shape index (κ2) is 5.88. The maximum Gasteiger partial charge on any atom is 0.176 e. The molecule has 0 aliphatic heterocycles. The minimum atomic E-state index is 0.240. The molecule has 0 saturated carbocycles. The zero-order chi connectivity index (χ0) is 15.7. The topological polar surface area (TPSA) is 68.5 Å². The Morgan fingerprint density at radius 2 is 1.95 bits per heavy atom. The van der Waals surface area contributed by atoms with E-state index in [-0.39, 0.29) is 6.04 Å². The number of hydrogen-bond acceptors (Lipinski definition) is 5. The summed E-state index contributed by atoms with van der Waals surface area (Å²) < 4.78 is 1.81. The van der Waals surface area contributed by atoms with Crippen molar-refractivity contribution in [3.63, 3.8) is 0 Å². The lowest BCUT2D eigenvalue weighted by atomic mass is 10.2. The fourth-order valence-corrected chi connectivity index (χ4v) is 2.48. The highest BCUT2D eigenvalue weighted by molar-refractivity contribution is 6.31. The molecule has 0 bridgehead atoms. The van der Waals surface area contributed by atoms with Gasteiger partial charge in [-0.15, -0.1) is 10.2 Å². The number of rotatable bonds is 4. The molecule has 0 atom stereocenters. The normalized spacial score (nSPS) is 11.3. The van der Waals surface area contributed by atoms with Gasteiger partial charge >= 0.3 is 0 Å². The van der Waals surface area contributed by atoms with Crippen LogP contribution in [-0.4, -0.2) is 31.2 Å². The maximum atomic E-state index is 6.24. The van der Waals surface area contributed by atoms with Gasteiger partial charge in [0.1, 0.15) is 11.0 Å². The van der Waals surface area contributed by atoms with Gasteiger partial charge in [0.2, 0.25) is 0 Å². The number of halogens is 1. The molecule has 2 aromatic heterocycles. The van der Waals surface area contributed by atoms with Gasteiger partial charge in [0, 0.05) is 11.1 Å². The van der Waals surface area contributed by atoms with E-state index in [4.69, 9.17) is 11.6 Å². The second-order valence-corrected chi connectivity index (χ2v) is 5.88. The molecule has 114 valence electrons. The minimum absolute atomic E-state index is 0.240. The van der Waals surface area contributed by atoms with Crippen LogP contribution in [0.5, 0.6) is 0 Å². The van der Waals surface area contributed by atoms with Crippen LogP contribution >= 0.6 is 11.6 Å². The van der Waals surface area contributed by atoms with Crippen molar-refractivity contribution in [1.82, 2.24) is 25.2 Å². The zero-order valence-corrected chi connectivity index (χ0v) is 13.5. The van der Waals surface area contributed by atoms with Crippen molar-refractivity contribution in [2.45, 2.75) is 33.4 Å². The highest BCUT2D eigenvalue weighted by atomic mass is 35.5. The van der Waals surface area contributed by atoms with E-state index in [9.17, 15) is 0 Å². The van der Waals surface area contributed by atoms with E-state index in [0.29, 0.717) is 17.4 Å². The molecule has 7 heteroatoms. The van der Waals surface area contributed by atoms with Crippen LogP contribution in [0.4, 0.5) is 5.82 Å². The fourth-order valence-electron chi connectivity index (χ4n) is 2.28. The van der Waals surface area contributed by atoms with E-state index in [1.54, 1.807) is 0 Å². The first-order valence-corrected chi connectivity index (χ1v) is 7.50. The van der Waals surface area contributed by atoms with Gasteiger partial charge in [-0.05, 0) is 32.4 Å². The number of aryl methyl sites for hydroxylation is 1. The van der Waals surface area contributed by atoms with E-state index in [1.807, 2.05) is 35.9 Å². The molecule has 2 heterocycles. The molecule has 0 fully saturated rings. The molecule has 3 rings (SSSR count). The van der Waals surface area contributed by atoms with E-state index in [2.05, 4.69) is 39.7 Å². The molecule has 0 amide bonds. The molecular weight excluding hydrogens is 300 g/mol. The first-order chi connectivity index (χ1) is 10.6. The Bertz CT molecular complexity index is 811. The first kappa shape index (κ1) is 14.7. The van der Waals surface area contributed by atoms with Crippen molar-refractivity contribution >= 4 is 28.5 Å². The molecule has 1 N–H and O–H groups in total. The molecule has 3 aromatic rings. The number of fused-ring (bicyclic) bond motifs is 1. The molecule has 22 heavy (non-hydrogen) atoms. The molecule has 0 unspecified atom stereocenters. The second-order valence-electron chi connectivity index (χ2n) is 5.47. The Hall–Kier alpha value is -2.21. The van der Waals surface area contributed by atoms with E-state index in [1.165, 1.54) is 0 Å². The van der Waals surface area contributed by atoms with E-state index in [0.717, 1.165) is 22.3 Å². The van der Waals surface area contributed by atoms with Crippen LogP contribution in [0, 0.1) is 6.92 Å². The summed E-state index contributed by atoms with van der Waals surface area (Å²) >= 11 is 6.24. The SMILES string of the molecule is Cc1nnc(NC(C)C)c2c1nnn2Cc1ccccc1Cl. The first-order valence-electron chi connectivity index (χ1n) is 7.12. The van der Waals surface area contributed by atoms with E-state index >= 15 is 0 Å². The lowest BCUT2D eigenvalue weighted by Crippen LogP contribution is -2.14. The summed E-state index contributed by atoms with van der Waals surface area (Å²) in [5.41, 5.74) is 3.35. The molecule has 0 radical (unpaired) electrons. The molecule has 0 aliphatic rings. The van der Waals surface area contributed by atoms with Crippen molar-refractivity contribution in [1.29, 1.82) is 0 Å². The average Bonchev–Trinajstić information content (AvgIpc) is 2.89. The third kappa shape index (κ3) is 2.74. The van der Waals surface area contributed by atoms with Crippen LogP contribution in [0.3, 0.4) is 0 Å². The summed E-state index contributed by atoms with van der Waals surface area (Å²) in [5.74, 6) is 0.688. The molecular formula is C15H17ClN6. The van der Waals surface area contributed by atoms with E-state index < -0.39 is 0 Å². The van der Waals surface area contributed by atoms with Crippen LogP contribution in [0.25, 0.3) is 11.0 Å². The summed E-state index contributed by atoms with van der Waals surface area (Å²) in [6.07, 6.45) is 0. The number of nitrogens with one attached hydrogen (secondary N) is 1. The van der Waals surface area contributed by atoms with Crippen LogP contribution in [-0.2, 0) is 6.54 Å². The van der Waals surface area contributed by atoms with Gasteiger partial charge in [0.15, 0.2) is 5.82 Å². The van der Waals surface area contributed by atoms with Crippen LogP contribution in [0.2, 0.25) is 5.02 Å². The van der Waals surface area contributed by atoms with Crippen molar-refractivity contribution < 1.29 is 0 Å². The zero-order valence-electron chi connectivity index (χ0n) is 12.7. The number of anilines is 1. The smallest absolute Gasteiger partial charge is 0.176 e.